The number of amides is 2. The molecule has 76 heavy (non-hydrogen) atoms. The van der Waals surface area contributed by atoms with Crippen LogP contribution in [0, 0.1) is 17.8 Å². The molecule has 0 aliphatic rings. The van der Waals surface area contributed by atoms with Crippen molar-refractivity contribution in [3.63, 3.8) is 0 Å². The highest BCUT2D eigenvalue weighted by molar-refractivity contribution is 7.53. The van der Waals surface area contributed by atoms with Crippen molar-refractivity contribution in [2.45, 2.75) is 247 Å². The number of nitrogens with zero attached hydrogens (tertiary/aromatic N) is 1. The molecule has 434 valence electrons. The topological polar surface area (TPSA) is 246 Å². The molecule has 0 spiro atoms. The van der Waals surface area contributed by atoms with E-state index >= 15 is 0 Å². The van der Waals surface area contributed by atoms with Gasteiger partial charge in [0.15, 0.2) is 5.78 Å². The number of rotatable bonds is 34. The largest absolute Gasteiger partial charge is 0.460 e. The van der Waals surface area contributed by atoms with Crippen LogP contribution in [0.3, 0.4) is 0 Å². The quantitative estimate of drug-likeness (QED) is 0.0163. The number of halogens is 1. The minimum atomic E-state index is -4.11. The van der Waals surface area contributed by atoms with Crippen molar-refractivity contribution in [3.05, 3.63) is 29.8 Å². The number of nitrogens with one attached hydrogen (secondary N) is 2. The summed E-state index contributed by atoms with van der Waals surface area (Å²) in [6.45, 7) is 25.6. The van der Waals surface area contributed by atoms with Crippen molar-refractivity contribution in [2.24, 2.45) is 11.8 Å². The number of aromatic nitrogens is 1. The number of ketones is 2. The maximum Gasteiger partial charge on any atom is 0.332 e. The fourth-order valence-electron chi connectivity index (χ4n) is 7.46. The fraction of sp³-hybridized carbons (Fsp3) is 0.768. The van der Waals surface area contributed by atoms with Crippen molar-refractivity contribution in [1.29, 1.82) is 0 Å². The van der Waals surface area contributed by atoms with E-state index in [9.17, 15) is 47.3 Å². The molecule has 0 aromatic carbocycles. The molecule has 1 aromatic heterocycles. The van der Waals surface area contributed by atoms with Crippen molar-refractivity contribution in [1.82, 2.24) is 15.6 Å². The Morgan fingerprint density at radius 2 is 1.09 bits per heavy atom. The predicted molar refractivity (Wildman–Crippen MR) is 287 cm³/mol. The van der Waals surface area contributed by atoms with Crippen LogP contribution in [0.4, 0.5) is 4.39 Å². The Morgan fingerprint density at radius 1 is 0.566 bits per heavy atom. The summed E-state index contributed by atoms with van der Waals surface area (Å²) in [6.07, 6.45) is 5.83. The van der Waals surface area contributed by atoms with Crippen molar-refractivity contribution in [3.8, 4) is 0 Å². The molecule has 0 radical (unpaired) electrons. The maximum absolute atomic E-state index is 14.5. The van der Waals surface area contributed by atoms with Gasteiger partial charge in [-0.25, -0.2) is 9.78 Å². The van der Waals surface area contributed by atoms with Crippen LogP contribution in [-0.4, -0.2) is 106 Å². The summed E-state index contributed by atoms with van der Waals surface area (Å²) in [4.78, 5) is 108. The van der Waals surface area contributed by atoms with Gasteiger partial charge in [0.2, 0.25) is 17.8 Å². The number of ether oxygens (including phenoxy) is 4. The minimum absolute atomic E-state index is 0.0213. The SMILES string of the molecule is CC(C)(C)OC(=O)CC[C@H](CP(=O)(OCCC[C@H](NC(=O)CC[C@H](CC(=O)CCCCCNC(=O)CCCCCCC(=O)c1ccc([18F])nc1)C(=O)OC(C)(C)C)C(=O)OC(C)(C)C)OC(C)(C)C)C(=O)OC(C)(C)C. The highest BCUT2D eigenvalue weighted by atomic mass is 31.2. The number of hydrogen-bond acceptors (Lipinski definition) is 16. The standard InChI is InChI=1S/C56H93FN3O15P/c1-52(2,3)71-48(65)33-30-41(50(67)73-54(7,8)9)38-76(69,75-56(13,14)15)70-35-23-25-43(51(68)74-55(10,11)12)60-47(64)32-29-39(49(66)72-53(4,5)6)36-42(61)24-19-18-22-34-58-46(63)27-21-17-16-20-26-44(62)40-28-31-45(57)59-37-40/h28,31,37,39,41,43H,16-27,29-30,32-36,38H2,1-15H3,(H,58,63)(H,60,64)/t39-,41-,43+,76?/m1/s1/i57-1. The van der Waals surface area contributed by atoms with Crippen LogP contribution in [0.1, 0.15) is 223 Å². The highest BCUT2D eigenvalue weighted by Crippen LogP contribution is 2.54. The van der Waals surface area contributed by atoms with Crippen LogP contribution in [-0.2, 0) is 66.1 Å². The summed E-state index contributed by atoms with van der Waals surface area (Å²) in [5, 5.41) is 5.61. The molecule has 18 nitrogen and oxygen atoms in total. The average Bonchev–Trinajstić information content (AvgIpc) is 3.24. The van der Waals surface area contributed by atoms with Gasteiger partial charge < -0.3 is 38.6 Å². The van der Waals surface area contributed by atoms with E-state index < -0.39 is 95.4 Å². The van der Waals surface area contributed by atoms with E-state index in [2.05, 4.69) is 15.6 Å². The van der Waals surface area contributed by atoms with Crippen molar-refractivity contribution >= 4 is 54.9 Å². The van der Waals surface area contributed by atoms with Gasteiger partial charge in [-0.05, 0) is 167 Å². The summed E-state index contributed by atoms with van der Waals surface area (Å²) in [7, 11) is -4.11. The van der Waals surface area contributed by atoms with Crippen molar-refractivity contribution < 1.29 is 75.3 Å². The van der Waals surface area contributed by atoms with E-state index in [1.54, 1.807) is 104 Å². The van der Waals surface area contributed by atoms with Gasteiger partial charge in [0.05, 0.1) is 30.2 Å². The monoisotopic (exact) mass is 1100 g/mol. The third-order valence-corrected chi connectivity index (χ3v) is 13.0. The number of unbranched alkanes of at least 4 members (excludes halogenated alkanes) is 5. The number of hydrogen-bond donors (Lipinski definition) is 2. The molecule has 0 saturated carbocycles. The van der Waals surface area contributed by atoms with Gasteiger partial charge in [0.25, 0.3) is 0 Å². The van der Waals surface area contributed by atoms with E-state index in [0.29, 0.717) is 57.1 Å². The number of carbonyl (C=O) groups excluding carboxylic acids is 8. The molecule has 0 saturated heterocycles. The van der Waals surface area contributed by atoms with Gasteiger partial charge in [-0.2, -0.15) is 4.39 Å². The lowest BCUT2D eigenvalue weighted by Gasteiger charge is -2.30. The zero-order valence-corrected chi connectivity index (χ0v) is 49.4. The first-order chi connectivity index (χ1) is 34.8. The lowest BCUT2D eigenvalue weighted by molar-refractivity contribution is -0.162. The highest BCUT2D eigenvalue weighted by Gasteiger charge is 2.39. The molecule has 4 atom stereocenters. The number of esters is 4. The molecule has 20 heteroatoms. The lowest BCUT2D eigenvalue weighted by Crippen LogP contribution is -2.44. The minimum Gasteiger partial charge on any atom is -0.460 e. The first-order valence-corrected chi connectivity index (χ1v) is 28.6. The second kappa shape index (κ2) is 32.3. The first-order valence-electron chi connectivity index (χ1n) is 26.9. The Bertz CT molecular complexity index is 2080. The zero-order chi connectivity index (χ0) is 58.1. The van der Waals surface area contributed by atoms with E-state index in [1.807, 2.05) is 0 Å². The Morgan fingerprint density at radius 3 is 1.64 bits per heavy atom. The van der Waals surface area contributed by atoms with Crippen LogP contribution in [0.2, 0.25) is 0 Å². The molecule has 1 unspecified atom stereocenters. The predicted octanol–water partition coefficient (Wildman–Crippen LogP) is 10.8. The van der Waals surface area contributed by atoms with Gasteiger partial charge in [-0.3, -0.25) is 38.1 Å². The Labute approximate surface area is 452 Å². The molecule has 1 aromatic rings. The van der Waals surface area contributed by atoms with Crippen LogP contribution >= 0.6 is 7.60 Å². The van der Waals surface area contributed by atoms with Crippen LogP contribution < -0.4 is 10.6 Å². The molecule has 2 N–H and O–H groups in total. The average molecular weight is 1100 g/mol. The molecular weight excluding hydrogens is 1000 g/mol. The van der Waals surface area contributed by atoms with E-state index in [-0.39, 0.29) is 75.4 Å². The number of pyridine rings is 1. The Kier molecular flexibility index (Phi) is 29.5. The van der Waals surface area contributed by atoms with Gasteiger partial charge in [0, 0.05) is 56.8 Å². The summed E-state index contributed by atoms with van der Waals surface area (Å²) < 4.78 is 61.8. The van der Waals surface area contributed by atoms with Crippen LogP contribution in [0.25, 0.3) is 0 Å². The summed E-state index contributed by atoms with van der Waals surface area (Å²) >= 11 is 0. The molecule has 0 aliphatic carbocycles. The first kappa shape index (κ1) is 69.4. The summed E-state index contributed by atoms with van der Waals surface area (Å²) in [5.74, 6) is -6.19. The molecule has 1 heterocycles. The molecule has 0 fully saturated rings. The summed E-state index contributed by atoms with van der Waals surface area (Å²) in [6, 6.07) is 1.39. The summed E-state index contributed by atoms with van der Waals surface area (Å²) in [5.41, 5.74) is -4.04. The maximum atomic E-state index is 14.5. The van der Waals surface area contributed by atoms with Gasteiger partial charge >= 0.3 is 31.5 Å². The Balaban J connectivity index is 2.88. The third-order valence-electron chi connectivity index (χ3n) is 10.7. The van der Waals surface area contributed by atoms with Gasteiger partial charge in [-0.1, -0.05) is 19.3 Å². The number of carbonyl (C=O) groups is 8. The Hall–Kier alpha value is -4.61. The molecule has 0 aliphatic heterocycles. The normalized spacial score (nSPS) is 14.3. The molecule has 0 bridgehead atoms. The van der Waals surface area contributed by atoms with Gasteiger partial charge in [-0.15, -0.1) is 0 Å². The second-order valence-corrected chi connectivity index (χ2v) is 26.4. The van der Waals surface area contributed by atoms with E-state index in [1.165, 1.54) is 12.3 Å². The van der Waals surface area contributed by atoms with Crippen LogP contribution in [0.15, 0.2) is 18.3 Å². The molecule has 2 amide bonds. The van der Waals surface area contributed by atoms with Gasteiger partial charge in [0.1, 0.15) is 34.2 Å². The smallest absolute Gasteiger partial charge is 0.332 e. The lowest BCUT2D eigenvalue weighted by atomic mass is 9.94. The molecular formula is C56H93FN3O15P. The zero-order valence-electron chi connectivity index (χ0n) is 48.5. The fourth-order valence-corrected chi connectivity index (χ4v) is 9.80. The molecule has 1 rings (SSSR count). The number of Topliss-reactive ketones (excluding diaryl/α,β-unsaturated/α-hetero) is 2. The second-order valence-electron chi connectivity index (χ2n) is 24.4. The third kappa shape index (κ3) is 34.9. The van der Waals surface area contributed by atoms with Crippen molar-refractivity contribution in [2.75, 3.05) is 19.3 Å². The van der Waals surface area contributed by atoms with E-state index in [0.717, 1.165) is 18.9 Å². The van der Waals surface area contributed by atoms with Crippen LogP contribution in [0.5, 0.6) is 0 Å². The van der Waals surface area contributed by atoms with E-state index in [4.69, 9.17) is 28.0 Å².